The van der Waals surface area contributed by atoms with E-state index in [1.165, 1.54) is 24.6 Å². The Hall–Kier alpha value is -2.78. The van der Waals surface area contributed by atoms with E-state index in [1.807, 2.05) is 31.2 Å². The first-order chi connectivity index (χ1) is 15.3. The molecule has 9 heteroatoms. The fourth-order valence-corrected chi connectivity index (χ4v) is 5.50. The molecule has 3 rings (SSSR count). The minimum Gasteiger partial charge on any atom is -0.497 e. The van der Waals surface area contributed by atoms with Crippen LogP contribution in [0.2, 0.25) is 0 Å². The molecule has 0 unspecified atom stereocenters. The van der Waals surface area contributed by atoms with Gasteiger partial charge in [0, 0.05) is 19.2 Å². The second-order valence-electron chi connectivity index (χ2n) is 7.72. The summed E-state index contributed by atoms with van der Waals surface area (Å²) in [5.41, 5.74) is 0.945. The molecule has 2 aromatic carbocycles. The molecule has 0 aliphatic carbocycles. The van der Waals surface area contributed by atoms with E-state index in [2.05, 4.69) is 5.32 Å². The smallest absolute Gasteiger partial charge is 0.246 e. The molecular formula is C23H30N2O6S. The van der Waals surface area contributed by atoms with Crippen LogP contribution in [0.15, 0.2) is 47.4 Å². The lowest BCUT2D eigenvalue weighted by molar-refractivity contribution is -0.126. The van der Waals surface area contributed by atoms with Crippen molar-refractivity contribution in [3.63, 3.8) is 0 Å². The summed E-state index contributed by atoms with van der Waals surface area (Å²) >= 11 is 0. The van der Waals surface area contributed by atoms with Crippen molar-refractivity contribution in [1.82, 2.24) is 9.62 Å². The molecule has 0 aromatic heterocycles. The number of carbonyl (C=O) groups is 1. The zero-order valence-electron chi connectivity index (χ0n) is 18.8. The zero-order valence-corrected chi connectivity index (χ0v) is 19.6. The van der Waals surface area contributed by atoms with E-state index in [1.54, 1.807) is 19.2 Å². The third kappa shape index (κ3) is 5.16. The molecule has 1 amide bonds. The summed E-state index contributed by atoms with van der Waals surface area (Å²) in [5.74, 6) is 0.810. The van der Waals surface area contributed by atoms with E-state index in [0.717, 1.165) is 11.3 Å². The van der Waals surface area contributed by atoms with Crippen LogP contribution in [0.5, 0.6) is 17.2 Å². The summed E-state index contributed by atoms with van der Waals surface area (Å²) in [7, 11) is 0.644. The van der Waals surface area contributed by atoms with E-state index in [0.29, 0.717) is 25.1 Å². The molecule has 32 heavy (non-hydrogen) atoms. The second-order valence-corrected chi connectivity index (χ2v) is 9.63. The van der Waals surface area contributed by atoms with Gasteiger partial charge in [0.2, 0.25) is 15.9 Å². The van der Waals surface area contributed by atoms with Gasteiger partial charge < -0.3 is 19.5 Å². The van der Waals surface area contributed by atoms with Gasteiger partial charge in [0.05, 0.1) is 33.3 Å². The fraction of sp³-hybridized carbons (Fsp3) is 0.435. The topological polar surface area (TPSA) is 94.2 Å². The fourth-order valence-electron chi connectivity index (χ4n) is 3.81. The predicted octanol–water partition coefficient (Wildman–Crippen LogP) is 2.99. The van der Waals surface area contributed by atoms with Gasteiger partial charge in [-0.1, -0.05) is 12.1 Å². The van der Waals surface area contributed by atoms with Crippen LogP contribution < -0.4 is 19.5 Å². The first kappa shape index (κ1) is 23.9. The number of sulfonamides is 1. The molecule has 8 nitrogen and oxygen atoms in total. The highest BCUT2D eigenvalue weighted by atomic mass is 32.2. The standard InChI is InChI=1S/C23H30N2O6S/c1-16(17-7-9-19(29-2)10-8-17)24-23(26)18-6-5-13-25(15-18)32(27,28)22-14-20(30-3)11-12-21(22)31-4/h7-12,14,16,18H,5-6,13,15H2,1-4H3,(H,24,26)/t16-,18+/m0/s1. The molecule has 1 aliphatic rings. The van der Waals surface area contributed by atoms with Gasteiger partial charge in [0.15, 0.2) is 0 Å². The maximum atomic E-state index is 13.4. The number of methoxy groups -OCH3 is 3. The Kier molecular flexibility index (Phi) is 7.63. The van der Waals surface area contributed by atoms with Crippen molar-refractivity contribution in [1.29, 1.82) is 0 Å². The third-order valence-corrected chi connectivity index (χ3v) is 7.60. The van der Waals surface area contributed by atoms with Crippen molar-refractivity contribution in [2.24, 2.45) is 5.92 Å². The van der Waals surface area contributed by atoms with Crippen LogP contribution in [0, 0.1) is 5.92 Å². The minimum absolute atomic E-state index is 0.0343. The molecule has 2 aromatic rings. The summed E-state index contributed by atoms with van der Waals surface area (Å²) < 4.78 is 43.7. The van der Waals surface area contributed by atoms with Crippen molar-refractivity contribution in [3.8, 4) is 17.2 Å². The Morgan fingerprint density at radius 2 is 1.69 bits per heavy atom. The first-order valence-electron chi connectivity index (χ1n) is 10.5. The lowest BCUT2D eigenvalue weighted by Gasteiger charge is -2.32. The molecule has 0 saturated carbocycles. The number of rotatable bonds is 8. The second kappa shape index (κ2) is 10.2. The van der Waals surface area contributed by atoms with Gasteiger partial charge in [0.25, 0.3) is 0 Å². The van der Waals surface area contributed by atoms with Crippen molar-refractivity contribution in [2.45, 2.75) is 30.7 Å². The van der Waals surface area contributed by atoms with Gasteiger partial charge in [-0.15, -0.1) is 0 Å². The van der Waals surface area contributed by atoms with Crippen LogP contribution in [-0.4, -0.2) is 53.0 Å². The number of nitrogens with zero attached hydrogens (tertiary/aromatic N) is 1. The van der Waals surface area contributed by atoms with E-state index in [4.69, 9.17) is 14.2 Å². The largest absolute Gasteiger partial charge is 0.497 e. The molecule has 2 atom stereocenters. The summed E-state index contributed by atoms with van der Waals surface area (Å²) in [6.07, 6.45) is 1.23. The Morgan fingerprint density at radius 3 is 2.31 bits per heavy atom. The Morgan fingerprint density at radius 1 is 1.03 bits per heavy atom. The van der Waals surface area contributed by atoms with Gasteiger partial charge in [0.1, 0.15) is 22.1 Å². The average Bonchev–Trinajstić information content (AvgIpc) is 2.83. The number of carbonyl (C=O) groups excluding carboxylic acids is 1. The summed E-state index contributed by atoms with van der Waals surface area (Å²) in [4.78, 5) is 13.0. The summed E-state index contributed by atoms with van der Waals surface area (Å²) in [5, 5.41) is 3.01. The molecule has 1 heterocycles. The number of amides is 1. The zero-order chi connectivity index (χ0) is 23.3. The number of benzene rings is 2. The van der Waals surface area contributed by atoms with Gasteiger partial charge in [-0.3, -0.25) is 4.79 Å². The van der Waals surface area contributed by atoms with Gasteiger partial charge in [-0.25, -0.2) is 8.42 Å². The van der Waals surface area contributed by atoms with Crippen LogP contribution in [0.25, 0.3) is 0 Å². The minimum atomic E-state index is -3.86. The highest BCUT2D eigenvalue weighted by Gasteiger charge is 2.35. The quantitative estimate of drug-likeness (QED) is 0.648. The van der Waals surface area contributed by atoms with Crippen LogP contribution in [0.3, 0.4) is 0 Å². The van der Waals surface area contributed by atoms with E-state index >= 15 is 0 Å². The highest BCUT2D eigenvalue weighted by molar-refractivity contribution is 7.89. The molecule has 1 aliphatic heterocycles. The normalized spacial score (nSPS) is 17.9. The van der Waals surface area contributed by atoms with Gasteiger partial charge >= 0.3 is 0 Å². The predicted molar refractivity (Wildman–Crippen MR) is 121 cm³/mol. The maximum absolute atomic E-state index is 13.4. The SMILES string of the molecule is COc1ccc([C@H](C)NC(=O)[C@@H]2CCCN(S(=O)(=O)c3cc(OC)ccc3OC)C2)cc1. The van der Waals surface area contributed by atoms with E-state index in [9.17, 15) is 13.2 Å². The number of nitrogens with one attached hydrogen (secondary N) is 1. The Balaban J connectivity index is 1.73. The summed E-state index contributed by atoms with van der Waals surface area (Å²) in [6, 6.07) is 11.9. The van der Waals surface area contributed by atoms with Gasteiger partial charge in [-0.05, 0) is 49.6 Å². The molecule has 1 saturated heterocycles. The Bertz CT molecular complexity index is 1040. The molecule has 0 bridgehead atoms. The molecule has 0 spiro atoms. The third-order valence-electron chi connectivity index (χ3n) is 5.72. The van der Waals surface area contributed by atoms with Crippen LogP contribution in [0.1, 0.15) is 31.4 Å². The van der Waals surface area contributed by atoms with Crippen LogP contribution >= 0.6 is 0 Å². The number of hydrogen-bond acceptors (Lipinski definition) is 6. The lowest BCUT2D eigenvalue weighted by Crippen LogP contribution is -2.45. The highest BCUT2D eigenvalue weighted by Crippen LogP contribution is 2.33. The first-order valence-corrected chi connectivity index (χ1v) is 11.9. The van der Waals surface area contributed by atoms with E-state index in [-0.39, 0.29) is 29.1 Å². The molecule has 0 radical (unpaired) electrons. The Labute approximate surface area is 189 Å². The lowest BCUT2D eigenvalue weighted by atomic mass is 9.98. The van der Waals surface area contributed by atoms with Crippen LogP contribution in [-0.2, 0) is 14.8 Å². The maximum Gasteiger partial charge on any atom is 0.246 e. The molecular weight excluding hydrogens is 432 g/mol. The van der Waals surface area contributed by atoms with Crippen LogP contribution in [0.4, 0.5) is 0 Å². The molecule has 174 valence electrons. The number of hydrogen-bond donors (Lipinski definition) is 1. The average molecular weight is 463 g/mol. The van der Waals surface area contributed by atoms with Crippen molar-refractivity contribution >= 4 is 15.9 Å². The van der Waals surface area contributed by atoms with E-state index < -0.39 is 15.9 Å². The monoisotopic (exact) mass is 462 g/mol. The molecule has 1 N–H and O–H groups in total. The van der Waals surface area contributed by atoms with Crippen molar-refractivity contribution < 1.29 is 27.4 Å². The number of ether oxygens (including phenoxy) is 3. The summed E-state index contributed by atoms with van der Waals surface area (Å²) in [6.45, 7) is 2.36. The van der Waals surface area contributed by atoms with Crippen molar-refractivity contribution in [2.75, 3.05) is 34.4 Å². The van der Waals surface area contributed by atoms with Gasteiger partial charge in [-0.2, -0.15) is 4.31 Å². The molecule has 1 fully saturated rings. The number of piperidine rings is 1. The van der Waals surface area contributed by atoms with Crippen molar-refractivity contribution in [3.05, 3.63) is 48.0 Å².